The van der Waals surface area contributed by atoms with Crippen molar-refractivity contribution in [1.29, 1.82) is 0 Å². The summed E-state index contributed by atoms with van der Waals surface area (Å²) in [6.45, 7) is 10.2. The molecule has 1 aromatic carbocycles. The van der Waals surface area contributed by atoms with Crippen LogP contribution in [0.25, 0.3) is 17.5 Å². The van der Waals surface area contributed by atoms with E-state index < -0.39 is 0 Å². The van der Waals surface area contributed by atoms with Crippen molar-refractivity contribution < 1.29 is 5.11 Å². The van der Waals surface area contributed by atoms with Gasteiger partial charge in [-0.1, -0.05) is 70.5 Å². The maximum atomic E-state index is 10.5. The lowest BCUT2D eigenvalue weighted by atomic mass is 9.42. The van der Waals surface area contributed by atoms with Crippen LogP contribution in [0.2, 0.25) is 0 Å². The molecule has 4 aliphatic carbocycles. The monoisotopic (exact) mass is 516 g/mol. The molecule has 0 radical (unpaired) electrons. The molecule has 206 valence electrons. The molecule has 0 bridgehead atoms. The highest BCUT2D eigenvalue weighted by atomic mass is 16.3. The molecular formula is C33H48N4O. The first kappa shape index (κ1) is 26.2. The lowest BCUT2D eigenvalue weighted by molar-refractivity contribution is -0.152. The fourth-order valence-electron chi connectivity index (χ4n) is 10.6. The third-order valence-corrected chi connectivity index (χ3v) is 12.5. The van der Waals surface area contributed by atoms with E-state index in [2.05, 4.69) is 78.7 Å². The Labute approximate surface area is 229 Å². The standard InChI is InChI=1S/C33H48N4O/c1-5-22-19-26-28-14-13-27(32(28,3)18-16-29(26)33(4)17-15-24(38)20-30(22)33)21(2)9-8-11-23-10-6-7-12-25(23)31-34-36-37-35-31/h6-8,10-12,21-22,24,26-30,38H,5,9,13-20H2,1-4H3,(H,34,35,36,37)/b11-8+/t21-,22+,24-,26?,27-,28?,29+,30?,32?,33?/m1/s1. The fourth-order valence-corrected chi connectivity index (χ4v) is 10.6. The summed E-state index contributed by atoms with van der Waals surface area (Å²) < 4.78 is 0. The van der Waals surface area contributed by atoms with Gasteiger partial charge in [-0.2, -0.15) is 5.21 Å². The van der Waals surface area contributed by atoms with Crippen molar-refractivity contribution in [2.24, 2.45) is 52.3 Å². The maximum absolute atomic E-state index is 10.5. The summed E-state index contributed by atoms with van der Waals surface area (Å²) in [4.78, 5) is 0. The van der Waals surface area contributed by atoms with Gasteiger partial charge in [-0.15, -0.1) is 10.2 Å². The molecule has 5 unspecified atom stereocenters. The number of aliphatic hydroxyl groups is 1. The second-order valence-corrected chi connectivity index (χ2v) is 14.0. The number of aromatic nitrogens is 4. The number of hydrogen-bond acceptors (Lipinski definition) is 4. The van der Waals surface area contributed by atoms with Crippen molar-refractivity contribution in [2.45, 2.75) is 98.0 Å². The molecule has 4 aliphatic rings. The van der Waals surface area contributed by atoms with Gasteiger partial charge in [0.25, 0.3) is 0 Å². The Hall–Kier alpha value is -2.01. The summed E-state index contributed by atoms with van der Waals surface area (Å²) in [6.07, 6.45) is 17.4. The fraction of sp³-hybridized carbons (Fsp3) is 0.727. The zero-order valence-electron chi connectivity index (χ0n) is 23.9. The molecule has 0 saturated heterocycles. The smallest absolute Gasteiger partial charge is 0.205 e. The van der Waals surface area contributed by atoms with Gasteiger partial charge in [-0.3, -0.25) is 0 Å². The number of nitrogens with one attached hydrogen (secondary N) is 1. The molecule has 6 rings (SSSR count). The van der Waals surface area contributed by atoms with Gasteiger partial charge >= 0.3 is 0 Å². The number of hydrogen-bond donors (Lipinski definition) is 2. The minimum Gasteiger partial charge on any atom is -0.393 e. The Bertz CT molecular complexity index is 1130. The van der Waals surface area contributed by atoms with Gasteiger partial charge in [-0.25, -0.2) is 0 Å². The van der Waals surface area contributed by atoms with Crippen LogP contribution in [0.5, 0.6) is 0 Å². The number of nitrogens with zero attached hydrogens (tertiary/aromatic N) is 3. The molecule has 0 aliphatic heterocycles. The van der Waals surface area contributed by atoms with Crippen LogP contribution >= 0.6 is 0 Å². The lowest BCUT2D eigenvalue weighted by Crippen LogP contribution is -2.56. The van der Waals surface area contributed by atoms with Crippen LogP contribution in [-0.2, 0) is 0 Å². The Morgan fingerprint density at radius 3 is 2.61 bits per heavy atom. The molecule has 10 atom stereocenters. The number of aliphatic hydroxyl groups excluding tert-OH is 1. The maximum Gasteiger partial charge on any atom is 0.205 e. The minimum atomic E-state index is -0.0588. The Morgan fingerprint density at radius 1 is 1.03 bits per heavy atom. The van der Waals surface area contributed by atoms with Crippen LogP contribution < -0.4 is 0 Å². The zero-order chi connectivity index (χ0) is 26.5. The molecule has 5 heteroatoms. The quantitative estimate of drug-likeness (QED) is 0.415. The van der Waals surface area contributed by atoms with Gasteiger partial charge in [0.15, 0.2) is 0 Å². The average molecular weight is 517 g/mol. The number of fused-ring (bicyclic) bond motifs is 5. The number of H-pyrrole nitrogens is 1. The first-order chi connectivity index (χ1) is 18.3. The van der Waals surface area contributed by atoms with E-state index in [-0.39, 0.29) is 6.10 Å². The SMILES string of the molecule is CC[C@H]1CC2C3CC[C@H]([C@H](C)C/C=C/c4ccccc4-c4nn[nH]n4)C3(C)CC[C@@H]2C2(C)CC[C@@H](O)CC12. The topological polar surface area (TPSA) is 74.7 Å². The van der Waals surface area contributed by atoms with E-state index in [9.17, 15) is 5.11 Å². The normalized spacial score (nSPS) is 41.4. The van der Waals surface area contributed by atoms with Gasteiger partial charge in [0.05, 0.1) is 6.10 Å². The van der Waals surface area contributed by atoms with Crippen LogP contribution in [0, 0.1) is 52.3 Å². The average Bonchev–Trinajstić information content (AvgIpc) is 3.57. The summed E-state index contributed by atoms with van der Waals surface area (Å²) in [5.41, 5.74) is 3.11. The molecule has 2 aromatic rings. The molecular weight excluding hydrogens is 468 g/mol. The highest BCUT2D eigenvalue weighted by Gasteiger charge is 2.62. The highest BCUT2D eigenvalue weighted by Crippen LogP contribution is 2.69. The van der Waals surface area contributed by atoms with Gasteiger partial charge < -0.3 is 5.11 Å². The summed E-state index contributed by atoms with van der Waals surface area (Å²) >= 11 is 0. The second-order valence-electron chi connectivity index (χ2n) is 14.0. The van der Waals surface area contributed by atoms with Crippen molar-refractivity contribution in [2.75, 3.05) is 0 Å². The third-order valence-electron chi connectivity index (χ3n) is 12.5. The highest BCUT2D eigenvalue weighted by molar-refractivity contribution is 5.70. The third kappa shape index (κ3) is 4.28. The van der Waals surface area contributed by atoms with Crippen molar-refractivity contribution in [3.05, 3.63) is 35.9 Å². The number of benzene rings is 1. The van der Waals surface area contributed by atoms with E-state index in [1.165, 1.54) is 44.9 Å². The molecule has 4 saturated carbocycles. The van der Waals surface area contributed by atoms with E-state index in [1.54, 1.807) is 0 Å². The molecule has 1 heterocycles. The molecule has 2 N–H and O–H groups in total. The summed E-state index contributed by atoms with van der Waals surface area (Å²) in [5.74, 6) is 6.34. The Morgan fingerprint density at radius 2 is 1.82 bits per heavy atom. The van der Waals surface area contributed by atoms with Crippen molar-refractivity contribution in [3.8, 4) is 11.4 Å². The second kappa shape index (κ2) is 10.2. The molecule has 5 nitrogen and oxygen atoms in total. The largest absolute Gasteiger partial charge is 0.393 e. The number of rotatable bonds is 6. The van der Waals surface area contributed by atoms with Crippen molar-refractivity contribution in [1.82, 2.24) is 20.6 Å². The first-order valence-corrected chi connectivity index (χ1v) is 15.5. The molecule has 0 amide bonds. The Kier molecular flexibility index (Phi) is 7.03. The van der Waals surface area contributed by atoms with Gasteiger partial charge in [0, 0.05) is 5.56 Å². The summed E-state index contributed by atoms with van der Waals surface area (Å²) in [5, 5.41) is 25.3. The van der Waals surface area contributed by atoms with Crippen LogP contribution in [0.1, 0.15) is 97.5 Å². The predicted molar refractivity (Wildman–Crippen MR) is 153 cm³/mol. The molecule has 0 spiro atoms. The van der Waals surface area contributed by atoms with Crippen molar-refractivity contribution in [3.63, 3.8) is 0 Å². The summed E-state index contributed by atoms with van der Waals surface area (Å²) in [6, 6.07) is 8.33. The van der Waals surface area contributed by atoms with E-state index in [0.29, 0.717) is 22.6 Å². The number of allylic oxidation sites excluding steroid dienone is 1. The van der Waals surface area contributed by atoms with Crippen LogP contribution in [0.3, 0.4) is 0 Å². The number of aromatic amines is 1. The molecule has 1 aromatic heterocycles. The van der Waals surface area contributed by atoms with E-state index in [4.69, 9.17) is 0 Å². The van der Waals surface area contributed by atoms with Crippen LogP contribution in [0.15, 0.2) is 30.3 Å². The van der Waals surface area contributed by atoms with Gasteiger partial charge in [0.1, 0.15) is 0 Å². The van der Waals surface area contributed by atoms with Gasteiger partial charge in [0.2, 0.25) is 5.82 Å². The number of tetrazole rings is 1. The predicted octanol–water partition coefficient (Wildman–Crippen LogP) is 7.56. The van der Waals surface area contributed by atoms with Crippen LogP contribution in [-0.4, -0.2) is 31.8 Å². The minimum absolute atomic E-state index is 0.0588. The van der Waals surface area contributed by atoms with Crippen molar-refractivity contribution >= 4 is 6.08 Å². The molecule has 38 heavy (non-hydrogen) atoms. The van der Waals surface area contributed by atoms with E-state index in [1.807, 2.05) is 6.07 Å². The van der Waals surface area contributed by atoms with E-state index in [0.717, 1.165) is 65.9 Å². The van der Waals surface area contributed by atoms with Gasteiger partial charge in [-0.05, 0) is 121 Å². The molecule has 4 fully saturated rings. The first-order valence-electron chi connectivity index (χ1n) is 15.5. The van der Waals surface area contributed by atoms with Crippen LogP contribution in [0.4, 0.5) is 0 Å². The summed E-state index contributed by atoms with van der Waals surface area (Å²) in [7, 11) is 0. The lowest BCUT2D eigenvalue weighted by Gasteiger charge is -2.63. The zero-order valence-corrected chi connectivity index (χ0v) is 23.9. The Balaban J connectivity index is 1.17. The van der Waals surface area contributed by atoms with E-state index >= 15 is 0 Å².